The number of rotatable bonds is 9. The van der Waals surface area contributed by atoms with Gasteiger partial charge in [-0.05, 0) is 49.5 Å². The molecule has 2 heterocycles. The molecule has 1 aliphatic rings. The van der Waals surface area contributed by atoms with Crippen molar-refractivity contribution in [3.63, 3.8) is 0 Å². The van der Waals surface area contributed by atoms with Gasteiger partial charge in [0.15, 0.2) is 0 Å². The SMILES string of the molecule is CN1CCN(CCOc2ccc(Oc3ccc(C(=O)Nc4ccccc4C(=O)O)cn3)cc2)CC1. The van der Waals surface area contributed by atoms with Crippen LogP contribution in [-0.4, -0.2) is 78.1 Å². The van der Waals surface area contributed by atoms with Crippen molar-refractivity contribution in [3.8, 4) is 17.4 Å². The molecular formula is C26H28N4O5. The summed E-state index contributed by atoms with van der Waals surface area (Å²) in [5.41, 5.74) is 0.512. The Morgan fingerprint density at radius 1 is 0.971 bits per heavy atom. The molecule has 0 unspecified atom stereocenters. The molecule has 0 aliphatic carbocycles. The van der Waals surface area contributed by atoms with Crippen LogP contribution in [-0.2, 0) is 0 Å². The van der Waals surface area contributed by atoms with Crippen LogP contribution < -0.4 is 14.8 Å². The summed E-state index contributed by atoms with van der Waals surface area (Å²) >= 11 is 0. The van der Waals surface area contributed by atoms with E-state index in [1.165, 1.54) is 18.3 Å². The van der Waals surface area contributed by atoms with Crippen LogP contribution in [0.3, 0.4) is 0 Å². The van der Waals surface area contributed by atoms with Gasteiger partial charge in [-0.15, -0.1) is 0 Å². The van der Waals surface area contributed by atoms with Crippen LogP contribution in [0.4, 0.5) is 5.69 Å². The molecule has 0 bridgehead atoms. The number of likely N-dealkylation sites (N-methyl/N-ethyl adjacent to an activating group) is 1. The molecule has 0 saturated carbocycles. The van der Waals surface area contributed by atoms with Crippen molar-refractivity contribution in [2.45, 2.75) is 0 Å². The van der Waals surface area contributed by atoms with Crippen molar-refractivity contribution in [2.75, 3.05) is 51.7 Å². The predicted octanol–water partition coefficient (Wildman–Crippen LogP) is 3.45. The number of piperazine rings is 1. The highest BCUT2D eigenvalue weighted by Crippen LogP contribution is 2.23. The second kappa shape index (κ2) is 11.5. The van der Waals surface area contributed by atoms with Gasteiger partial charge in [-0.1, -0.05) is 12.1 Å². The summed E-state index contributed by atoms with van der Waals surface area (Å²) in [4.78, 5) is 32.7. The number of hydrogen-bond acceptors (Lipinski definition) is 7. The number of carbonyl (C=O) groups is 2. The minimum atomic E-state index is -1.12. The van der Waals surface area contributed by atoms with Gasteiger partial charge in [-0.25, -0.2) is 9.78 Å². The predicted molar refractivity (Wildman–Crippen MR) is 132 cm³/mol. The van der Waals surface area contributed by atoms with Gasteiger partial charge in [0.05, 0.1) is 16.8 Å². The maximum Gasteiger partial charge on any atom is 0.337 e. The first-order chi connectivity index (χ1) is 17.0. The third-order valence-electron chi connectivity index (χ3n) is 5.72. The topological polar surface area (TPSA) is 104 Å². The largest absolute Gasteiger partial charge is 0.492 e. The summed E-state index contributed by atoms with van der Waals surface area (Å²) < 4.78 is 11.6. The Kier molecular flexibility index (Phi) is 7.92. The molecule has 0 spiro atoms. The second-order valence-electron chi connectivity index (χ2n) is 8.26. The van der Waals surface area contributed by atoms with Crippen LogP contribution >= 0.6 is 0 Å². The summed E-state index contributed by atoms with van der Waals surface area (Å²) in [7, 11) is 2.14. The first-order valence-corrected chi connectivity index (χ1v) is 11.4. The minimum absolute atomic E-state index is 0.0144. The average Bonchev–Trinajstić information content (AvgIpc) is 2.87. The molecule has 4 rings (SSSR count). The number of nitrogens with zero attached hydrogens (tertiary/aromatic N) is 3. The number of hydrogen-bond donors (Lipinski definition) is 2. The molecule has 9 heteroatoms. The monoisotopic (exact) mass is 476 g/mol. The van der Waals surface area contributed by atoms with E-state index in [0.717, 1.165) is 38.5 Å². The van der Waals surface area contributed by atoms with Crippen molar-refractivity contribution >= 4 is 17.6 Å². The lowest BCUT2D eigenvalue weighted by atomic mass is 10.1. The summed E-state index contributed by atoms with van der Waals surface area (Å²) in [6.45, 7) is 5.84. The first-order valence-electron chi connectivity index (χ1n) is 11.4. The molecule has 2 aromatic carbocycles. The van der Waals surface area contributed by atoms with Gasteiger partial charge in [0, 0.05) is 45.0 Å². The van der Waals surface area contributed by atoms with Gasteiger partial charge in [-0.3, -0.25) is 9.69 Å². The highest BCUT2D eigenvalue weighted by Gasteiger charge is 2.14. The van der Waals surface area contributed by atoms with Gasteiger partial charge in [0.25, 0.3) is 5.91 Å². The first kappa shape index (κ1) is 24.2. The Morgan fingerprint density at radius 2 is 1.69 bits per heavy atom. The number of anilines is 1. The van der Waals surface area contributed by atoms with Gasteiger partial charge < -0.3 is 24.8 Å². The molecule has 1 aromatic heterocycles. The van der Waals surface area contributed by atoms with E-state index in [4.69, 9.17) is 9.47 Å². The molecule has 3 aromatic rings. The summed E-state index contributed by atoms with van der Waals surface area (Å²) in [5, 5.41) is 11.9. The number of benzene rings is 2. The number of aromatic nitrogens is 1. The molecule has 0 radical (unpaired) electrons. The zero-order valence-corrected chi connectivity index (χ0v) is 19.5. The fraction of sp³-hybridized carbons (Fsp3) is 0.269. The van der Waals surface area contributed by atoms with Crippen LogP contribution in [0.1, 0.15) is 20.7 Å². The fourth-order valence-electron chi connectivity index (χ4n) is 3.64. The quantitative estimate of drug-likeness (QED) is 0.484. The van der Waals surface area contributed by atoms with Gasteiger partial charge in [0.1, 0.15) is 18.1 Å². The van der Waals surface area contributed by atoms with E-state index in [0.29, 0.717) is 18.2 Å². The van der Waals surface area contributed by atoms with Crippen LogP contribution in [0.25, 0.3) is 0 Å². The van der Waals surface area contributed by atoms with Crippen molar-refractivity contribution in [1.82, 2.24) is 14.8 Å². The minimum Gasteiger partial charge on any atom is -0.492 e. The maximum absolute atomic E-state index is 12.5. The molecule has 9 nitrogen and oxygen atoms in total. The molecule has 2 N–H and O–H groups in total. The number of aromatic carboxylic acids is 1. The molecule has 35 heavy (non-hydrogen) atoms. The van der Waals surface area contributed by atoms with E-state index >= 15 is 0 Å². The Labute approximate surface area is 203 Å². The third-order valence-corrected chi connectivity index (χ3v) is 5.72. The van der Waals surface area contributed by atoms with E-state index in [9.17, 15) is 14.7 Å². The second-order valence-corrected chi connectivity index (χ2v) is 8.26. The normalized spacial score (nSPS) is 14.3. The molecule has 1 amide bonds. The third kappa shape index (κ3) is 6.78. The fourth-order valence-corrected chi connectivity index (χ4v) is 3.64. The van der Waals surface area contributed by atoms with E-state index in [-0.39, 0.29) is 16.8 Å². The molecule has 0 atom stereocenters. The van der Waals surface area contributed by atoms with Gasteiger partial charge >= 0.3 is 5.97 Å². The lowest BCUT2D eigenvalue weighted by molar-refractivity contribution is 0.0698. The van der Waals surface area contributed by atoms with E-state index < -0.39 is 11.9 Å². The molecular weight excluding hydrogens is 448 g/mol. The van der Waals surface area contributed by atoms with Crippen molar-refractivity contribution < 1.29 is 24.2 Å². The summed E-state index contributed by atoms with van der Waals surface area (Å²) in [6.07, 6.45) is 1.38. The number of pyridine rings is 1. The smallest absolute Gasteiger partial charge is 0.337 e. The molecule has 182 valence electrons. The lowest BCUT2D eigenvalue weighted by Gasteiger charge is -2.32. The number of ether oxygens (including phenoxy) is 2. The number of carboxylic acids is 1. The standard InChI is InChI=1S/C26H28N4O5/c1-29-12-14-30(15-13-29)16-17-34-20-7-9-21(10-8-20)35-24-11-6-19(18-27-24)25(31)28-23-5-3-2-4-22(23)26(32)33/h2-11,18H,12-17H2,1H3,(H,28,31)(H,32,33). The molecule has 1 fully saturated rings. The summed E-state index contributed by atoms with van der Waals surface area (Å²) in [6, 6.07) is 16.7. The zero-order valence-electron chi connectivity index (χ0n) is 19.5. The Morgan fingerprint density at radius 3 is 2.37 bits per heavy atom. The number of carboxylic acid groups (broad SMARTS) is 1. The van der Waals surface area contributed by atoms with Crippen LogP contribution in [0.15, 0.2) is 66.9 Å². The van der Waals surface area contributed by atoms with Gasteiger partial charge in [0.2, 0.25) is 5.88 Å². The van der Waals surface area contributed by atoms with Crippen LogP contribution in [0.2, 0.25) is 0 Å². The van der Waals surface area contributed by atoms with E-state index in [2.05, 4.69) is 27.1 Å². The Bertz CT molecular complexity index is 1140. The maximum atomic E-state index is 12.5. The number of amides is 1. The Balaban J connectivity index is 1.27. The average molecular weight is 477 g/mol. The number of carbonyl (C=O) groups excluding carboxylic acids is 1. The number of nitrogens with one attached hydrogen (secondary N) is 1. The zero-order chi connectivity index (χ0) is 24.6. The van der Waals surface area contributed by atoms with E-state index in [1.54, 1.807) is 36.4 Å². The highest BCUT2D eigenvalue weighted by atomic mass is 16.5. The lowest BCUT2D eigenvalue weighted by Crippen LogP contribution is -2.45. The van der Waals surface area contributed by atoms with Crippen molar-refractivity contribution in [1.29, 1.82) is 0 Å². The molecule has 1 aliphatic heterocycles. The van der Waals surface area contributed by atoms with Crippen molar-refractivity contribution in [2.24, 2.45) is 0 Å². The number of para-hydroxylation sites is 1. The van der Waals surface area contributed by atoms with Crippen molar-refractivity contribution in [3.05, 3.63) is 78.0 Å². The van der Waals surface area contributed by atoms with Crippen LogP contribution in [0, 0.1) is 0 Å². The molecule has 1 saturated heterocycles. The Hall–Kier alpha value is -3.95. The van der Waals surface area contributed by atoms with E-state index in [1.807, 2.05) is 12.1 Å². The highest BCUT2D eigenvalue weighted by molar-refractivity contribution is 6.07. The van der Waals surface area contributed by atoms with Crippen LogP contribution in [0.5, 0.6) is 17.4 Å². The summed E-state index contributed by atoms with van der Waals surface area (Å²) in [5.74, 6) is 0.117. The van der Waals surface area contributed by atoms with Gasteiger partial charge in [-0.2, -0.15) is 0 Å².